The highest BCUT2D eigenvalue weighted by Gasteiger charge is 2.16. The molecule has 3 aromatic carbocycles. The van der Waals surface area contributed by atoms with E-state index >= 15 is 0 Å². The van der Waals surface area contributed by atoms with E-state index in [1.165, 1.54) is 0 Å². The van der Waals surface area contributed by atoms with Gasteiger partial charge in [-0.1, -0.05) is 30.3 Å². The fourth-order valence-corrected chi connectivity index (χ4v) is 3.50. The Morgan fingerprint density at radius 1 is 1.03 bits per heavy atom. The van der Waals surface area contributed by atoms with Crippen molar-refractivity contribution >= 4 is 17.7 Å². The van der Waals surface area contributed by atoms with Crippen molar-refractivity contribution in [1.82, 2.24) is 0 Å². The molecule has 158 valence electrons. The Labute approximate surface area is 182 Å². The average molecular weight is 415 g/mol. The quantitative estimate of drug-likeness (QED) is 0.591. The van der Waals surface area contributed by atoms with Gasteiger partial charge in [0.2, 0.25) is 0 Å². The highest BCUT2D eigenvalue weighted by Crippen LogP contribution is 2.32. The molecule has 0 saturated heterocycles. The van der Waals surface area contributed by atoms with E-state index in [4.69, 9.17) is 14.6 Å². The van der Waals surface area contributed by atoms with E-state index in [-0.39, 0.29) is 12.5 Å². The highest BCUT2D eigenvalue weighted by molar-refractivity contribution is 6.07. The first kappa shape index (κ1) is 20.7. The molecule has 0 fully saturated rings. The summed E-state index contributed by atoms with van der Waals surface area (Å²) in [5.74, 6) is 1.46. The number of hydrogen-bond acceptors (Lipinski definition) is 4. The lowest BCUT2D eigenvalue weighted by Gasteiger charge is -2.09. The molecular formula is C26H25NO4. The number of hydrogen-bond donors (Lipinski definition) is 2. The number of aliphatic hydroxyl groups excluding tert-OH is 1. The molecule has 0 unspecified atom stereocenters. The Kier molecular flexibility index (Phi) is 6.34. The maximum absolute atomic E-state index is 12.8. The zero-order valence-electron chi connectivity index (χ0n) is 17.4. The maximum atomic E-state index is 12.8. The monoisotopic (exact) mass is 415 g/mol. The molecule has 31 heavy (non-hydrogen) atoms. The zero-order valence-corrected chi connectivity index (χ0v) is 17.4. The molecule has 2 N–H and O–H groups in total. The van der Waals surface area contributed by atoms with Crippen molar-refractivity contribution in [3.8, 4) is 22.6 Å². The second-order valence-corrected chi connectivity index (χ2v) is 7.29. The minimum Gasteiger partial charge on any atom is -0.494 e. The third-order valence-electron chi connectivity index (χ3n) is 5.15. The highest BCUT2D eigenvalue weighted by atomic mass is 16.5. The summed E-state index contributed by atoms with van der Waals surface area (Å²) in [5, 5.41) is 12.1. The zero-order chi connectivity index (χ0) is 21.6. The summed E-state index contributed by atoms with van der Waals surface area (Å²) in [6.45, 7) is 3.02. The number of anilines is 1. The number of amides is 1. The van der Waals surface area contributed by atoms with Crippen LogP contribution in [0.3, 0.4) is 0 Å². The molecule has 5 nitrogen and oxygen atoms in total. The van der Waals surface area contributed by atoms with E-state index in [0.29, 0.717) is 30.9 Å². The molecule has 0 aliphatic carbocycles. The Hall–Kier alpha value is -3.57. The van der Waals surface area contributed by atoms with Gasteiger partial charge in [-0.2, -0.15) is 0 Å². The topological polar surface area (TPSA) is 67.8 Å². The van der Waals surface area contributed by atoms with E-state index in [9.17, 15) is 4.79 Å². The van der Waals surface area contributed by atoms with Gasteiger partial charge in [0.1, 0.15) is 11.5 Å². The third kappa shape index (κ3) is 4.95. The Morgan fingerprint density at radius 3 is 2.48 bits per heavy atom. The van der Waals surface area contributed by atoms with Gasteiger partial charge in [0, 0.05) is 23.2 Å². The van der Waals surface area contributed by atoms with Gasteiger partial charge in [-0.25, -0.2) is 0 Å². The molecule has 0 saturated carbocycles. The summed E-state index contributed by atoms with van der Waals surface area (Å²) < 4.78 is 11.4. The summed E-state index contributed by atoms with van der Waals surface area (Å²) in [6, 6.07) is 21.1. The van der Waals surface area contributed by atoms with Crippen LogP contribution in [0, 0.1) is 0 Å². The van der Waals surface area contributed by atoms with Crippen LogP contribution in [0.25, 0.3) is 17.2 Å². The molecule has 1 aliphatic rings. The molecule has 0 aromatic heterocycles. The molecule has 0 bridgehead atoms. The molecule has 0 atom stereocenters. The number of rotatable bonds is 6. The Morgan fingerprint density at radius 2 is 1.77 bits per heavy atom. The number of benzene rings is 3. The van der Waals surface area contributed by atoms with Gasteiger partial charge in [-0.3, -0.25) is 4.79 Å². The van der Waals surface area contributed by atoms with Gasteiger partial charge < -0.3 is 19.9 Å². The van der Waals surface area contributed by atoms with Crippen LogP contribution in [0.1, 0.15) is 24.5 Å². The average Bonchev–Trinajstić information content (AvgIpc) is 3.02. The third-order valence-corrected chi connectivity index (χ3v) is 5.15. The molecule has 3 aromatic rings. The lowest BCUT2D eigenvalue weighted by Crippen LogP contribution is -2.15. The van der Waals surface area contributed by atoms with E-state index in [1.54, 1.807) is 24.3 Å². The van der Waals surface area contributed by atoms with Crippen molar-refractivity contribution in [2.24, 2.45) is 0 Å². The van der Waals surface area contributed by atoms with Crippen LogP contribution >= 0.6 is 0 Å². The number of ether oxygens (including phenoxy) is 2. The van der Waals surface area contributed by atoms with Crippen molar-refractivity contribution in [1.29, 1.82) is 0 Å². The van der Waals surface area contributed by atoms with Crippen molar-refractivity contribution in [2.75, 3.05) is 18.5 Å². The largest absolute Gasteiger partial charge is 0.494 e. The molecule has 4 rings (SSSR count). The minimum absolute atomic E-state index is 0.0236. The molecule has 5 heteroatoms. The lowest BCUT2D eigenvalue weighted by molar-refractivity contribution is -0.113. The molecule has 1 aliphatic heterocycles. The number of carbonyl (C=O) groups excluding carboxylic acids is 1. The number of fused-ring (bicyclic) bond motifs is 1. The van der Waals surface area contributed by atoms with Gasteiger partial charge in [-0.05, 0) is 66.1 Å². The van der Waals surface area contributed by atoms with Gasteiger partial charge in [0.25, 0.3) is 5.91 Å². The molecule has 1 heterocycles. The Balaban J connectivity index is 1.57. The van der Waals surface area contributed by atoms with E-state index in [2.05, 4.69) is 5.32 Å². The summed E-state index contributed by atoms with van der Waals surface area (Å²) in [5.41, 5.74) is 5.15. The molecular weight excluding hydrogens is 390 g/mol. The van der Waals surface area contributed by atoms with Crippen molar-refractivity contribution in [3.63, 3.8) is 0 Å². The first-order chi connectivity index (χ1) is 15.2. The van der Waals surface area contributed by atoms with Crippen LogP contribution in [0.4, 0.5) is 5.69 Å². The van der Waals surface area contributed by atoms with E-state index < -0.39 is 0 Å². The number of nitrogens with one attached hydrogen (secondary N) is 1. The summed E-state index contributed by atoms with van der Waals surface area (Å²) in [7, 11) is 0. The second kappa shape index (κ2) is 9.49. The fraction of sp³-hybridized carbons (Fsp3) is 0.192. The van der Waals surface area contributed by atoms with Crippen LogP contribution in [0.15, 0.2) is 72.3 Å². The molecule has 1 amide bonds. The SMILES string of the molecule is CCOc1ccc(-c2ccc3c(c2)C=C(C(=O)Nc2ccc(CO)cc2)CCO3)cc1. The van der Waals surface area contributed by atoms with Gasteiger partial charge >= 0.3 is 0 Å². The lowest BCUT2D eigenvalue weighted by atomic mass is 10.0. The predicted octanol–water partition coefficient (Wildman–Crippen LogP) is 5.05. The summed E-state index contributed by atoms with van der Waals surface area (Å²) >= 11 is 0. The van der Waals surface area contributed by atoms with Crippen molar-refractivity contribution in [2.45, 2.75) is 20.0 Å². The first-order valence-corrected chi connectivity index (χ1v) is 10.4. The fourth-order valence-electron chi connectivity index (χ4n) is 3.50. The van der Waals surface area contributed by atoms with Crippen LogP contribution in [-0.2, 0) is 11.4 Å². The van der Waals surface area contributed by atoms with E-state index in [0.717, 1.165) is 33.8 Å². The minimum atomic E-state index is -0.153. The van der Waals surface area contributed by atoms with Crippen LogP contribution in [-0.4, -0.2) is 24.2 Å². The standard InChI is InChI=1S/C26H25NO4/c1-2-30-24-10-5-19(6-11-24)20-7-12-25-22(15-20)16-21(13-14-31-25)26(29)27-23-8-3-18(17-28)4-9-23/h3-12,15-16,28H,2,13-14,17H2,1H3,(H,27,29). The van der Waals surface area contributed by atoms with Crippen molar-refractivity contribution < 1.29 is 19.4 Å². The maximum Gasteiger partial charge on any atom is 0.251 e. The molecule has 0 spiro atoms. The van der Waals surface area contributed by atoms with Crippen LogP contribution < -0.4 is 14.8 Å². The number of carbonyl (C=O) groups is 1. The van der Waals surface area contributed by atoms with Crippen molar-refractivity contribution in [3.05, 3.63) is 83.4 Å². The number of aliphatic hydroxyl groups is 1. The van der Waals surface area contributed by atoms with E-state index in [1.807, 2.05) is 55.5 Å². The molecule has 0 radical (unpaired) electrons. The summed E-state index contributed by atoms with van der Waals surface area (Å²) in [4.78, 5) is 12.8. The van der Waals surface area contributed by atoms with Gasteiger partial charge in [0.15, 0.2) is 0 Å². The normalized spacial score (nSPS) is 12.8. The second-order valence-electron chi connectivity index (χ2n) is 7.29. The Bertz CT molecular complexity index is 1090. The van der Waals surface area contributed by atoms with Gasteiger partial charge in [-0.15, -0.1) is 0 Å². The first-order valence-electron chi connectivity index (χ1n) is 10.4. The summed E-state index contributed by atoms with van der Waals surface area (Å²) in [6.07, 6.45) is 2.42. The van der Waals surface area contributed by atoms with Crippen LogP contribution in [0.5, 0.6) is 11.5 Å². The van der Waals surface area contributed by atoms with Gasteiger partial charge in [0.05, 0.1) is 19.8 Å². The smallest absolute Gasteiger partial charge is 0.251 e. The van der Waals surface area contributed by atoms with Crippen LogP contribution in [0.2, 0.25) is 0 Å². The predicted molar refractivity (Wildman–Crippen MR) is 122 cm³/mol.